The Hall–Kier alpha value is -16.0. The molecular formula is C69H63Br2ClN30O24S2. The number of carbonyl (C=O) groups excluding carboxylic acids is 8. The van der Waals surface area contributed by atoms with E-state index in [1.165, 1.54) is 78.8 Å². The summed E-state index contributed by atoms with van der Waals surface area (Å²) in [5.41, 5.74) is 15.3. The quantitative estimate of drug-likeness (QED) is 0.0258. The van der Waals surface area contributed by atoms with Crippen molar-refractivity contribution in [2.24, 2.45) is 0 Å². The van der Waals surface area contributed by atoms with E-state index in [1.54, 1.807) is 60.7 Å². The smallest absolute Gasteiger partial charge is 0.300 e. The van der Waals surface area contributed by atoms with Gasteiger partial charge in [0.2, 0.25) is 78.3 Å². The first-order valence-corrected chi connectivity index (χ1v) is 41.4. The van der Waals surface area contributed by atoms with Gasteiger partial charge in [-0.1, -0.05) is 11.6 Å². The van der Waals surface area contributed by atoms with E-state index < -0.39 is 29.9 Å². The highest BCUT2D eigenvalue weighted by atomic mass is 79.9. The average Bonchev–Trinajstić information content (AvgIpc) is 1.61. The molecule has 13 N–H and O–H groups in total. The van der Waals surface area contributed by atoms with Gasteiger partial charge in [-0.15, -0.1) is 0 Å². The molecule has 666 valence electrons. The molecule has 0 aliphatic carbocycles. The number of fused-ring (bicyclic) bond motifs is 8. The normalized spacial score (nSPS) is 11.9. The van der Waals surface area contributed by atoms with Crippen LogP contribution < -0.4 is 63.0 Å². The number of benzene rings is 8. The number of rotatable bonds is 15. The van der Waals surface area contributed by atoms with Gasteiger partial charge in [0.1, 0.15) is 0 Å². The Morgan fingerprint density at radius 2 is 0.594 bits per heavy atom. The van der Waals surface area contributed by atoms with E-state index in [1.807, 2.05) is 0 Å². The number of aromatic nitrogens is 16. The van der Waals surface area contributed by atoms with E-state index in [2.05, 4.69) is 209 Å². The number of nitrogen functional groups attached to an aromatic ring is 1. The number of nitro benzene ring substituents is 2. The molecular weight excluding hydrogens is 1890 g/mol. The largest absolute Gasteiger partial charge is 0.397 e. The maximum atomic E-state index is 12.0. The first-order chi connectivity index (χ1) is 60.7. The van der Waals surface area contributed by atoms with Crippen LogP contribution >= 0.6 is 43.5 Å². The number of anilines is 11. The van der Waals surface area contributed by atoms with Crippen LogP contribution in [0.4, 0.5) is 73.9 Å². The molecule has 0 radical (unpaired) electrons. The number of non-ortho nitro benzene ring substituents is 2. The standard InChI is InChI=1S/C11H11N5O4.C10H10N4O3.C9H10N4O4S.2C8H6BrN3O2.C8H6ClN3O2.C8H8N4O2.C7H6N4O5S/c17-11(7-2-1-5-12-7)13-6-3-4-8(16(18)19)10-9(6)14-20-15-10;1-5(15)11-7-3-4-8(12-6(2)16)10-9(7)13-17-14-10;1-5(14)10-6-3-4-7(13-18(2,15)16)9-8(6)11-17-12-9;4*1-4(13)10-6-3-2-5(9)7-8(6)12-14-11-7;1-17(14,15)10-4-2-3-5(11(12)13)7-6(4)8-16-9-7/h3-4,7,12H,1-2,5H2,(H,13,17);3-4H,1-2H3,(H,11,15)(H,12,16);3-4,13H,1-2H3,(H,10,14);3*2-3H,1H3,(H,10,13);2-3H,9H2,1H3,(H,10,13);2-3,10H,1H3. The minimum atomic E-state index is -3.51. The Balaban J connectivity index is 0.000000153. The van der Waals surface area contributed by atoms with Gasteiger partial charge in [0.05, 0.1) is 96.0 Å². The fourth-order valence-corrected chi connectivity index (χ4v) is 13.1. The lowest BCUT2D eigenvalue weighted by molar-refractivity contribution is -0.383. The molecule has 1 aliphatic rings. The molecule has 1 saturated heterocycles. The van der Waals surface area contributed by atoms with Crippen molar-refractivity contribution in [1.82, 2.24) is 87.8 Å². The Morgan fingerprint density at radius 3 is 0.922 bits per heavy atom. The minimum Gasteiger partial charge on any atom is -0.397 e. The Morgan fingerprint density at radius 1 is 0.359 bits per heavy atom. The summed E-state index contributed by atoms with van der Waals surface area (Å²) in [6, 6.07) is 24.6. The topological polar surface area (TPSA) is 761 Å². The highest BCUT2D eigenvalue weighted by Gasteiger charge is 2.27. The van der Waals surface area contributed by atoms with Crippen LogP contribution in [0, 0.1) is 20.2 Å². The number of amides is 8. The number of hydrogen-bond acceptors (Lipinski definition) is 42. The molecule has 59 heteroatoms. The van der Waals surface area contributed by atoms with Crippen molar-refractivity contribution in [3.8, 4) is 0 Å². The summed E-state index contributed by atoms with van der Waals surface area (Å²) in [6.45, 7) is 10.6. The molecule has 1 unspecified atom stereocenters. The van der Waals surface area contributed by atoms with E-state index >= 15 is 0 Å². The number of sulfonamides is 2. The van der Waals surface area contributed by atoms with Gasteiger partial charge in [-0.05, 0) is 219 Å². The van der Waals surface area contributed by atoms with Gasteiger partial charge in [0.15, 0.2) is 77.2 Å². The fourth-order valence-electron chi connectivity index (χ4n) is 11.0. The van der Waals surface area contributed by atoms with E-state index in [0.29, 0.717) is 111 Å². The number of nitro groups is 2. The van der Waals surface area contributed by atoms with Crippen LogP contribution in [0.25, 0.3) is 88.3 Å². The summed E-state index contributed by atoms with van der Waals surface area (Å²) >= 11 is 12.4. The minimum absolute atomic E-state index is 0.00961. The number of nitrogens with two attached hydrogens (primary N) is 1. The maximum Gasteiger partial charge on any atom is 0.300 e. The van der Waals surface area contributed by atoms with Gasteiger partial charge >= 0.3 is 11.4 Å². The van der Waals surface area contributed by atoms with Crippen molar-refractivity contribution in [1.29, 1.82) is 0 Å². The number of hydrogen-bond donors (Lipinski definition) is 12. The summed E-state index contributed by atoms with van der Waals surface area (Å²) in [5, 5.41) is 104. The molecule has 1 aliphatic heterocycles. The zero-order valence-corrected chi connectivity index (χ0v) is 72.4. The highest BCUT2D eigenvalue weighted by Crippen LogP contribution is 2.35. The van der Waals surface area contributed by atoms with Gasteiger partial charge in [0, 0.05) is 69.5 Å². The Bertz CT molecular complexity index is 6740. The van der Waals surface area contributed by atoms with Crippen LogP contribution in [0.1, 0.15) is 61.3 Å². The van der Waals surface area contributed by atoms with Gasteiger partial charge in [-0.2, -0.15) is 0 Å². The van der Waals surface area contributed by atoms with Crippen molar-refractivity contribution in [3.63, 3.8) is 0 Å². The molecule has 1 atom stereocenters. The number of nitrogens with one attached hydrogen (secondary N) is 11. The van der Waals surface area contributed by atoms with E-state index in [9.17, 15) is 75.4 Å². The third kappa shape index (κ3) is 24.9. The SMILES string of the molecule is CC(=O)Nc1ccc(Br)c2nonc12.CC(=O)Nc1ccc(Br)c2nonc12.CC(=O)Nc1ccc(Cl)c2nonc12.CC(=O)Nc1ccc(N)c2nonc12.CC(=O)Nc1ccc(NC(C)=O)c2nonc12.CC(=O)Nc1ccc(NS(C)(=O)=O)c2nonc12.CS(=O)(=O)Nc1ccc([N+](=O)[O-])c2nonc12.O=C(Nc1ccc([N+](=O)[O-])c2nonc12)C1CCCN1. The third-order valence-electron chi connectivity index (χ3n) is 16.0. The molecule has 1 fully saturated rings. The highest BCUT2D eigenvalue weighted by molar-refractivity contribution is 9.11. The van der Waals surface area contributed by atoms with E-state index in [0.717, 1.165) is 46.9 Å². The molecule has 0 spiro atoms. The molecule has 0 bridgehead atoms. The lowest BCUT2D eigenvalue weighted by Crippen LogP contribution is -2.35. The van der Waals surface area contributed by atoms with Crippen LogP contribution in [0.15, 0.2) is 143 Å². The number of carbonyl (C=O) groups is 8. The molecule has 8 aromatic carbocycles. The Kier molecular flexibility index (Phi) is 30.9. The zero-order valence-electron chi connectivity index (χ0n) is 66.8. The fraction of sp³-hybridized carbons (Fsp3) is 0.188. The van der Waals surface area contributed by atoms with E-state index in [-0.39, 0.29) is 109 Å². The summed E-state index contributed by atoms with van der Waals surface area (Å²) in [7, 11) is -6.94. The van der Waals surface area contributed by atoms with Crippen molar-refractivity contribution in [2.45, 2.75) is 67.3 Å². The zero-order chi connectivity index (χ0) is 93.0. The monoisotopic (exact) mass is 1950 g/mol. The van der Waals surface area contributed by atoms with Crippen LogP contribution in [0.3, 0.4) is 0 Å². The number of nitrogens with zero attached hydrogens (tertiary/aromatic N) is 18. The van der Waals surface area contributed by atoms with Crippen LogP contribution in [-0.4, -0.2) is 182 Å². The van der Waals surface area contributed by atoms with Gasteiger partial charge in [-0.25, -0.2) is 53.9 Å². The van der Waals surface area contributed by atoms with Crippen molar-refractivity contribution in [2.75, 3.05) is 76.8 Å². The molecule has 128 heavy (non-hydrogen) atoms. The molecule has 16 aromatic rings. The van der Waals surface area contributed by atoms with Crippen LogP contribution in [-0.2, 0) is 58.4 Å². The molecule has 9 heterocycles. The summed E-state index contributed by atoms with van der Waals surface area (Å²) in [4.78, 5) is 109. The predicted molar refractivity (Wildman–Crippen MR) is 459 cm³/mol. The molecule has 8 amide bonds. The molecule has 8 aromatic heterocycles. The van der Waals surface area contributed by atoms with Gasteiger partial charge in [0.25, 0.3) is 0 Å². The number of halogens is 3. The molecule has 0 saturated carbocycles. The summed E-state index contributed by atoms with van der Waals surface area (Å²) < 4.78 is 86.8. The van der Waals surface area contributed by atoms with Crippen LogP contribution in [0.2, 0.25) is 5.02 Å². The van der Waals surface area contributed by atoms with Crippen molar-refractivity contribution < 1.29 is 102 Å². The lowest BCUT2D eigenvalue weighted by atomic mass is 10.2. The van der Waals surface area contributed by atoms with Crippen molar-refractivity contribution in [3.05, 3.63) is 131 Å². The molecule has 17 rings (SSSR count). The van der Waals surface area contributed by atoms with E-state index in [4.69, 9.17) is 17.3 Å². The average molecular weight is 1960 g/mol. The second-order valence-electron chi connectivity index (χ2n) is 25.9. The lowest BCUT2D eigenvalue weighted by Gasteiger charge is -2.10. The summed E-state index contributed by atoms with van der Waals surface area (Å²) in [6.07, 6.45) is 3.68. The second kappa shape index (κ2) is 41.9. The second-order valence-corrected chi connectivity index (χ2v) is 31.5. The van der Waals surface area contributed by atoms with Gasteiger partial charge < -0.3 is 53.6 Å². The maximum absolute atomic E-state index is 12.0. The summed E-state index contributed by atoms with van der Waals surface area (Å²) in [5.74, 6) is -1.59. The van der Waals surface area contributed by atoms with Crippen molar-refractivity contribution >= 4 is 273 Å². The van der Waals surface area contributed by atoms with Gasteiger partial charge in [-0.3, -0.25) is 68.0 Å². The Labute approximate surface area is 734 Å². The molecule has 54 nitrogen and oxygen atoms in total. The predicted octanol–water partition coefficient (Wildman–Crippen LogP) is 9.50. The van der Waals surface area contributed by atoms with Crippen LogP contribution in [0.5, 0.6) is 0 Å². The first kappa shape index (κ1) is 94.3. The first-order valence-electron chi connectivity index (χ1n) is 35.7. The third-order valence-corrected chi connectivity index (χ3v) is 18.7.